The van der Waals surface area contributed by atoms with Crippen molar-refractivity contribution in [3.8, 4) is 11.5 Å². The van der Waals surface area contributed by atoms with Crippen LogP contribution < -0.4 is 14.8 Å². The Kier molecular flexibility index (Phi) is 7.87. The Hall–Kier alpha value is -3.30. The van der Waals surface area contributed by atoms with E-state index in [2.05, 4.69) is 14.8 Å². The highest BCUT2D eigenvalue weighted by molar-refractivity contribution is 5.99. The van der Waals surface area contributed by atoms with Gasteiger partial charge in [0.15, 0.2) is 11.5 Å². The molecule has 0 saturated heterocycles. The second-order valence-electron chi connectivity index (χ2n) is 4.88. The van der Waals surface area contributed by atoms with Crippen LogP contribution in [-0.4, -0.2) is 51.8 Å². The molecule has 0 aromatic heterocycles. The van der Waals surface area contributed by atoms with Gasteiger partial charge in [0.05, 0.1) is 40.2 Å². The first-order valence-corrected chi connectivity index (χ1v) is 7.37. The number of hydrogen-bond acceptors (Lipinski definition) is 9. The van der Waals surface area contributed by atoms with Crippen molar-refractivity contribution in [1.29, 1.82) is 0 Å². The van der Waals surface area contributed by atoms with Gasteiger partial charge in [0.2, 0.25) is 6.54 Å². The SMILES string of the molecule is COC(=O)/C=C(/Nc1cc(CC[N+](=O)[O-])cc(OC)c1OC)C(=O)OC. The highest BCUT2D eigenvalue weighted by atomic mass is 16.6. The van der Waals surface area contributed by atoms with Gasteiger partial charge in [0, 0.05) is 11.3 Å². The molecule has 0 fully saturated rings. The van der Waals surface area contributed by atoms with Crippen molar-refractivity contribution in [1.82, 2.24) is 0 Å². The van der Waals surface area contributed by atoms with E-state index in [-0.39, 0.29) is 30.1 Å². The highest BCUT2D eigenvalue weighted by Crippen LogP contribution is 2.37. The van der Waals surface area contributed by atoms with Crippen LogP contribution in [0.4, 0.5) is 5.69 Å². The third-order valence-electron chi connectivity index (χ3n) is 3.26. The molecule has 10 heteroatoms. The molecule has 0 atom stereocenters. The lowest BCUT2D eigenvalue weighted by atomic mass is 10.1. The van der Waals surface area contributed by atoms with Crippen LogP contribution in [0, 0.1) is 10.1 Å². The first-order chi connectivity index (χ1) is 12.4. The van der Waals surface area contributed by atoms with E-state index < -0.39 is 16.9 Å². The number of ether oxygens (including phenoxy) is 4. The number of hydrogen-bond donors (Lipinski definition) is 1. The molecule has 0 aliphatic heterocycles. The van der Waals surface area contributed by atoms with Crippen molar-refractivity contribution in [2.45, 2.75) is 6.42 Å². The predicted molar refractivity (Wildman–Crippen MR) is 90.8 cm³/mol. The molecule has 1 aromatic carbocycles. The normalized spacial score (nSPS) is 10.7. The quantitative estimate of drug-likeness (QED) is 0.296. The van der Waals surface area contributed by atoms with Crippen LogP contribution in [0.15, 0.2) is 23.9 Å². The first kappa shape index (κ1) is 20.7. The number of methoxy groups -OCH3 is 4. The largest absolute Gasteiger partial charge is 0.493 e. The number of rotatable bonds is 9. The summed E-state index contributed by atoms with van der Waals surface area (Å²) in [6, 6.07) is 3.15. The fourth-order valence-corrected chi connectivity index (χ4v) is 2.06. The van der Waals surface area contributed by atoms with Gasteiger partial charge in [-0.1, -0.05) is 0 Å². The molecule has 1 rings (SSSR count). The highest BCUT2D eigenvalue weighted by Gasteiger charge is 2.19. The molecule has 142 valence electrons. The Morgan fingerprint density at radius 2 is 1.85 bits per heavy atom. The standard InChI is InChI=1S/C16H20N2O8/c1-23-13-8-10(5-6-18(21)22)7-11(15(13)25-3)17-12(16(20)26-4)9-14(19)24-2/h7-9,17H,5-6H2,1-4H3/b12-9+. The molecular weight excluding hydrogens is 348 g/mol. The van der Waals surface area contributed by atoms with Crippen molar-refractivity contribution in [3.63, 3.8) is 0 Å². The van der Waals surface area contributed by atoms with Crippen molar-refractivity contribution in [3.05, 3.63) is 39.6 Å². The smallest absolute Gasteiger partial charge is 0.354 e. The minimum atomic E-state index is -0.813. The number of nitro groups is 1. The number of anilines is 1. The lowest BCUT2D eigenvalue weighted by molar-refractivity contribution is -0.479. The van der Waals surface area contributed by atoms with Crippen LogP contribution in [-0.2, 0) is 25.5 Å². The summed E-state index contributed by atoms with van der Waals surface area (Å²) in [5.74, 6) is -1.03. The summed E-state index contributed by atoms with van der Waals surface area (Å²) in [6.45, 7) is -0.281. The Morgan fingerprint density at radius 3 is 2.35 bits per heavy atom. The maximum Gasteiger partial charge on any atom is 0.354 e. The summed E-state index contributed by atoms with van der Waals surface area (Å²) in [6.07, 6.45) is 1.05. The molecular formula is C16H20N2O8. The fourth-order valence-electron chi connectivity index (χ4n) is 2.06. The van der Waals surface area contributed by atoms with Gasteiger partial charge < -0.3 is 24.3 Å². The molecule has 10 nitrogen and oxygen atoms in total. The maximum atomic E-state index is 11.9. The molecule has 0 radical (unpaired) electrons. The lowest BCUT2D eigenvalue weighted by Crippen LogP contribution is -2.16. The molecule has 0 heterocycles. The van der Waals surface area contributed by atoms with Crippen molar-refractivity contribution in [2.75, 3.05) is 40.3 Å². The van der Waals surface area contributed by atoms with E-state index in [1.54, 1.807) is 12.1 Å². The second kappa shape index (κ2) is 9.87. The lowest BCUT2D eigenvalue weighted by Gasteiger charge is -2.17. The van der Waals surface area contributed by atoms with Crippen LogP contribution in [0.3, 0.4) is 0 Å². The third-order valence-corrected chi connectivity index (χ3v) is 3.26. The fraction of sp³-hybridized carbons (Fsp3) is 0.375. The summed E-state index contributed by atoms with van der Waals surface area (Å²) in [5.41, 5.74) is 0.640. The van der Waals surface area contributed by atoms with Gasteiger partial charge in [-0.25, -0.2) is 9.59 Å². The molecule has 0 aliphatic carbocycles. The number of nitrogens with zero attached hydrogens (tertiary/aromatic N) is 1. The third kappa shape index (κ3) is 5.65. The van der Waals surface area contributed by atoms with Crippen molar-refractivity contribution >= 4 is 17.6 Å². The van der Waals surface area contributed by atoms with Gasteiger partial charge in [-0.2, -0.15) is 0 Å². The van der Waals surface area contributed by atoms with Crippen LogP contribution in [0.25, 0.3) is 0 Å². The number of benzene rings is 1. The van der Waals surface area contributed by atoms with E-state index in [1.165, 1.54) is 14.2 Å². The Balaban J connectivity index is 3.34. The summed E-state index contributed by atoms with van der Waals surface area (Å²) in [4.78, 5) is 33.5. The molecule has 0 saturated carbocycles. The average Bonchev–Trinajstić information content (AvgIpc) is 2.64. The van der Waals surface area contributed by atoms with Crippen molar-refractivity contribution < 1.29 is 33.5 Å². The van der Waals surface area contributed by atoms with Gasteiger partial charge >= 0.3 is 11.9 Å². The molecule has 0 bridgehead atoms. The Labute approximate surface area is 149 Å². The zero-order valence-electron chi connectivity index (χ0n) is 14.9. The van der Waals surface area contributed by atoms with Gasteiger partial charge in [-0.3, -0.25) is 10.1 Å². The van der Waals surface area contributed by atoms with Crippen LogP contribution in [0.2, 0.25) is 0 Å². The van der Waals surface area contributed by atoms with Gasteiger partial charge in [-0.15, -0.1) is 0 Å². The van der Waals surface area contributed by atoms with Crippen molar-refractivity contribution in [2.24, 2.45) is 0 Å². The van der Waals surface area contributed by atoms with E-state index >= 15 is 0 Å². The summed E-state index contributed by atoms with van der Waals surface area (Å²) in [7, 11) is 5.11. The zero-order chi connectivity index (χ0) is 19.7. The monoisotopic (exact) mass is 368 g/mol. The maximum absolute atomic E-state index is 11.9. The van der Waals surface area contributed by atoms with E-state index in [9.17, 15) is 19.7 Å². The van der Waals surface area contributed by atoms with Gasteiger partial charge in [0.1, 0.15) is 5.70 Å². The molecule has 0 aliphatic rings. The summed E-state index contributed by atoms with van der Waals surface area (Å²) < 4.78 is 19.6. The Bertz CT molecular complexity index is 714. The number of carbonyl (C=O) groups excluding carboxylic acids is 2. The first-order valence-electron chi connectivity index (χ1n) is 7.37. The van der Waals surface area contributed by atoms with E-state index in [0.29, 0.717) is 11.3 Å². The van der Waals surface area contributed by atoms with Gasteiger partial charge in [-0.05, 0) is 17.7 Å². The summed E-state index contributed by atoms with van der Waals surface area (Å²) >= 11 is 0. The summed E-state index contributed by atoms with van der Waals surface area (Å²) in [5, 5.41) is 13.3. The van der Waals surface area contributed by atoms with E-state index in [4.69, 9.17) is 9.47 Å². The molecule has 0 spiro atoms. The molecule has 0 amide bonds. The zero-order valence-corrected chi connectivity index (χ0v) is 14.9. The topological polar surface area (TPSA) is 126 Å². The molecule has 1 N–H and O–H groups in total. The molecule has 26 heavy (non-hydrogen) atoms. The Morgan fingerprint density at radius 1 is 1.15 bits per heavy atom. The minimum absolute atomic E-state index is 0.135. The van der Waals surface area contributed by atoms with Crippen LogP contribution in [0.1, 0.15) is 5.56 Å². The predicted octanol–water partition coefficient (Wildman–Crippen LogP) is 1.16. The molecule has 0 unspecified atom stereocenters. The van der Waals surface area contributed by atoms with E-state index in [0.717, 1.165) is 20.3 Å². The number of carbonyl (C=O) groups is 2. The van der Waals surface area contributed by atoms with Gasteiger partial charge in [0.25, 0.3) is 0 Å². The number of nitrogens with one attached hydrogen (secondary N) is 1. The van der Waals surface area contributed by atoms with Crippen LogP contribution in [0.5, 0.6) is 11.5 Å². The van der Waals surface area contributed by atoms with Crippen LogP contribution >= 0.6 is 0 Å². The van der Waals surface area contributed by atoms with E-state index in [1.807, 2.05) is 0 Å². The number of esters is 2. The second-order valence-corrected chi connectivity index (χ2v) is 4.88. The molecule has 1 aromatic rings. The average molecular weight is 368 g/mol. The minimum Gasteiger partial charge on any atom is -0.493 e.